The van der Waals surface area contributed by atoms with Gasteiger partial charge in [-0.15, -0.1) is 0 Å². The van der Waals surface area contributed by atoms with Crippen LogP contribution in [0.1, 0.15) is 61.6 Å². The molecule has 0 amide bonds. The summed E-state index contributed by atoms with van der Waals surface area (Å²) < 4.78 is 2.52. The van der Waals surface area contributed by atoms with Crippen molar-refractivity contribution in [3.63, 3.8) is 0 Å². The van der Waals surface area contributed by atoms with E-state index in [1.165, 1.54) is 25.0 Å². The fourth-order valence-electron chi connectivity index (χ4n) is 5.90. The molecule has 0 saturated heterocycles. The lowest BCUT2D eigenvalue weighted by molar-refractivity contribution is 0.0909. The van der Waals surface area contributed by atoms with Gasteiger partial charge in [0.2, 0.25) is 0 Å². The van der Waals surface area contributed by atoms with Gasteiger partial charge in [-0.2, -0.15) is 0 Å². The molecule has 4 aliphatic carbocycles. The molecule has 1 heterocycles. The predicted molar refractivity (Wildman–Crippen MR) is 77.7 cm³/mol. The van der Waals surface area contributed by atoms with Crippen molar-refractivity contribution in [1.29, 1.82) is 0 Å². The number of aromatic nitrogens is 1. The fraction of sp³-hybridized carbons (Fsp3) is 0.722. The Balaban J connectivity index is 1.54. The Bertz CT molecular complexity index is 595. The van der Waals surface area contributed by atoms with Gasteiger partial charge in [-0.25, -0.2) is 0 Å². The Labute approximate surface area is 120 Å². The fourth-order valence-corrected chi connectivity index (χ4v) is 5.90. The van der Waals surface area contributed by atoms with Crippen molar-refractivity contribution in [2.24, 2.45) is 29.1 Å². The third kappa shape index (κ3) is 1.33. The molecular weight excluding hydrogens is 246 g/mol. The van der Waals surface area contributed by atoms with Crippen LogP contribution in [0.4, 0.5) is 0 Å². The van der Waals surface area contributed by atoms with E-state index in [9.17, 15) is 4.79 Å². The molecule has 1 aromatic rings. The van der Waals surface area contributed by atoms with Crippen molar-refractivity contribution in [3.8, 4) is 0 Å². The number of hydrogen-bond acceptors (Lipinski definition) is 1. The second-order valence-electron chi connectivity index (χ2n) is 8.50. The molecule has 0 aromatic carbocycles. The number of Topliss-reactive ketones (excluding diaryl/α,β-unsaturated/α-hetero) is 1. The first-order valence-electron chi connectivity index (χ1n) is 8.28. The Hall–Kier alpha value is -1.05. The second-order valence-corrected chi connectivity index (χ2v) is 8.50. The molecule has 1 aromatic heterocycles. The van der Waals surface area contributed by atoms with Crippen LogP contribution < -0.4 is 0 Å². The van der Waals surface area contributed by atoms with Gasteiger partial charge in [0.05, 0.1) is 0 Å². The lowest BCUT2D eigenvalue weighted by atomic mass is 9.76. The van der Waals surface area contributed by atoms with Gasteiger partial charge in [-0.05, 0) is 60.8 Å². The van der Waals surface area contributed by atoms with Crippen molar-refractivity contribution in [2.75, 3.05) is 0 Å². The number of ketones is 1. The van der Waals surface area contributed by atoms with Gasteiger partial charge in [-0.3, -0.25) is 4.79 Å². The average Bonchev–Trinajstić information content (AvgIpc) is 2.77. The molecule has 106 valence electrons. The Kier molecular flexibility index (Phi) is 1.97. The van der Waals surface area contributed by atoms with Gasteiger partial charge in [0, 0.05) is 29.9 Å². The number of carbonyl (C=O) groups is 1. The van der Waals surface area contributed by atoms with Gasteiger partial charge in [-0.1, -0.05) is 13.8 Å². The van der Waals surface area contributed by atoms with E-state index in [1.807, 2.05) is 0 Å². The van der Waals surface area contributed by atoms with Crippen LogP contribution in [0.2, 0.25) is 0 Å². The van der Waals surface area contributed by atoms with E-state index in [1.54, 1.807) is 0 Å². The van der Waals surface area contributed by atoms with Crippen molar-refractivity contribution in [1.82, 2.24) is 4.57 Å². The van der Waals surface area contributed by atoms with E-state index < -0.39 is 0 Å². The standard InChI is InChI=1S/C18H23NO/c1-18(2)8-13-12(14(20)9-18)5-6-19(13)17-15-10-3-4-11(7-10)16(15)17/h5-6,10-11,15-17H,3-4,7-9H2,1-2H3. The zero-order chi connectivity index (χ0) is 13.6. The monoisotopic (exact) mass is 269 g/mol. The molecule has 3 saturated carbocycles. The van der Waals surface area contributed by atoms with Gasteiger partial charge < -0.3 is 4.57 Å². The van der Waals surface area contributed by atoms with E-state index in [-0.39, 0.29) is 5.41 Å². The van der Waals surface area contributed by atoms with Crippen molar-refractivity contribution in [2.45, 2.75) is 52.0 Å². The van der Waals surface area contributed by atoms with Crippen molar-refractivity contribution >= 4 is 5.78 Å². The summed E-state index contributed by atoms with van der Waals surface area (Å²) in [6.07, 6.45) is 8.46. The maximum absolute atomic E-state index is 12.3. The smallest absolute Gasteiger partial charge is 0.165 e. The lowest BCUT2D eigenvalue weighted by Gasteiger charge is -2.30. The molecule has 2 heteroatoms. The molecule has 0 radical (unpaired) electrons. The molecule has 4 aliphatic rings. The summed E-state index contributed by atoms with van der Waals surface area (Å²) in [4.78, 5) is 12.3. The predicted octanol–water partition coefficient (Wildman–Crippen LogP) is 3.86. The van der Waals surface area contributed by atoms with Gasteiger partial charge >= 0.3 is 0 Å². The van der Waals surface area contributed by atoms with E-state index in [0.717, 1.165) is 41.7 Å². The third-order valence-corrected chi connectivity index (χ3v) is 6.63. The highest BCUT2D eigenvalue weighted by Crippen LogP contribution is 2.71. The van der Waals surface area contributed by atoms with Gasteiger partial charge in [0.1, 0.15) is 0 Å². The zero-order valence-corrected chi connectivity index (χ0v) is 12.4. The van der Waals surface area contributed by atoms with E-state index in [0.29, 0.717) is 12.2 Å². The minimum absolute atomic E-state index is 0.142. The third-order valence-electron chi connectivity index (χ3n) is 6.63. The summed E-state index contributed by atoms with van der Waals surface area (Å²) >= 11 is 0. The quantitative estimate of drug-likeness (QED) is 0.758. The summed E-state index contributed by atoms with van der Waals surface area (Å²) in [6, 6.07) is 2.84. The molecule has 0 spiro atoms. The topological polar surface area (TPSA) is 22.0 Å². The molecule has 4 unspecified atom stereocenters. The van der Waals surface area contributed by atoms with Crippen LogP contribution in [-0.2, 0) is 6.42 Å². The average molecular weight is 269 g/mol. The maximum atomic E-state index is 12.3. The molecule has 5 rings (SSSR count). The molecule has 2 bridgehead atoms. The first-order valence-corrected chi connectivity index (χ1v) is 8.28. The summed E-state index contributed by atoms with van der Waals surface area (Å²) in [5.74, 6) is 4.26. The molecule has 2 nitrogen and oxygen atoms in total. The highest BCUT2D eigenvalue weighted by atomic mass is 16.1. The molecule has 3 fully saturated rings. The molecule has 0 aliphatic heterocycles. The van der Waals surface area contributed by atoms with Crippen LogP contribution in [-0.4, -0.2) is 10.4 Å². The van der Waals surface area contributed by atoms with Crippen LogP contribution in [0.5, 0.6) is 0 Å². The van der Waals surface area contributed by atoms with Crippen LogP contribution in [0, 0.1) is 29.1 Å². The number of fused-ring (bicyclic) bond motifs is 6. The Morgan fingerprint density at radius 1 is 1.15 bits per heavy atom. The maximum Gasteiger partial charge on any atom is 0.165 e. The second kappa shape index (κ2) is 3.40. The molecular formula is C18H23NO. The van der Waals surface area contributed by atoms with Gasteiger partial charge in [0.15, 0.2) is 5.78 Å². The zero-order valence-electron chi connectivity index (χ0n) is 12.4. The Morgan fingerprint density at radius 2 is 1.85 bits per heavy atom. The Morgan fingerprint density at radius 3 is 2.55 bits per heavy atom. The first-order chi connectivity index (χ1) is 9.55. The number of nitrogens with zero attached hydrogens (tertiary/aromatic N) is 1. The summed E-state index contributed by atoms with van der Waals surface area (Å²) in [5.41, 5.74) is 2.52. The van der Waals surface area contributed by atoms with E-state index in [2.05, 4.69) is 30.7 Å². The highest BCUT2D eigenvalue weighted by molar-refractivity contribution is 5.98. The number of rotatable bonds is 1. The normalized spacial score (nSPS) is 43.5. The minimum Gasteiger partial charge on any atom is -0.347 e. The first kappa shape index (κ1) is 11.6. The van der Waals surface area contributed by atoms with Crippen LogP contribution in [0.3, 0.4) is 0 Å². The van der Waals surface area contributed by atoms with Crippen LogP contribution >= 0.6 is 0 Å². The highest BCUT2D eigenvalue weighted by Gasteiger charge is 2.66. The summed E-state index contributed by atoms with van der Waals surface area (Å²) in [5, 5.41) is 0. The summed E-state index contributed by atoms with van der Waals surface area (Å²) in [7, 11) is 0. The van der Waals surface area contributed by atoms with E-state index >= 15 is 0 Å². The molecule has 4 atom stereocenters. The van der Waals surface area contributed by atoms with Crippen LogP contribution in [0.25, 0.3) is 0 Å². The van der Waals surface area contributed by atoms with Crippen molar-refractivity contribution in [3.05, 3.63) is 23.5 Å². The number of hydrogen-bond donors (Lipinski definition) is 0. The lowest BCUT2D eigenvalue weighted by Crippen LogP contribution is -2.28. The largest absolute Gasteiger partial charge is 0.347 e. The SMILES string of the molecule is CC1(C)CC(=O)c2ccn(C3C4C5CCC(C5)C43)c2C1. The van der Waals surface area contributed by atoms with Gasteiger partial charge in [0.25, 0.3) is 0 Å². The minimum atomic E-state index is 0.142. The van der Waals surface area contributed by atoms with E-state index in [4.69, 9.17) is 0 Å². The summed E-state index contributed by atoms with van der Waals surface area (Å²) in [6.45, 7) is 4.48. The van der Waals surface area contributed by atoms with Crippen molar-refractivity contribution < 1.29 is 4.79 Å². The molecule has 0 N–H and O–H groups in total. The van der Waals surface area contributed by atoms with Crippen LogP contribution in [0.15, 0.2) is 12.3 Å². The molecule has 20 heavy (non-hydrogen) atoms. The number of carbonyl (C=O) groups excluding carboxylic acids is 1.